The molecular weight excluding hydrogens is 715 g/mol. The zero-order valence-corrected chi connectivity index (χ0v) is 22.7. The molecule has 0 radical (unpaired) electrons. The van der Waals surface area contributed by atoms with Crippen molar-refractivity contribution in [1.82, 2.24) is 0 Å². The first-order valence-electron chi connectivity index (χ1n) is 11.8. The predicted molar refractivity (Wildman–Crippen MR) is 115 cm³/mol. The van der Waals surface area contributed by atoms with Crippen molar-refractivity contribution in [3.05, 3.63) is 0 Å². The van der Waals surface area contributed by atoms with Crippen LogP contribution in [0, 0.1) is 0 Å². The number of guanidine groups is 1. The number of carboxylic acids is 2. The van der Waals surface area contributed by atoms with Gasteiger partial charge in [-0.1, -0.05) is 0 Å². The molecule has 0 spiro atoms. The molecule has 0 aliphatic rings. The van der Waals surface area contributed by atoms with Crippen LogP contribution in [0.4, 0.5) is 74.6 Å². The van der Waals surface area contributed by atoms with Crippen LogP contribution < -0.4 is 27.3 Å². The fourth-order valence-corrected chi connectivity index (χ4v) is 2.60. The van der Waals surface area contributed by atoms with Crippen LogP contribution in [0.3, 0.4) is 0 Å². The van der Waals surface area contributed by atoms with Gasteiger partial charge in [0, 0.05) is 5.97 Å². The van der Waals surface area contributed by atoms with Gasteiger partial charge in [-0.05, 0) is 19.3 Å². The summed E-state index contributed by atoms with van der Waals surface area (Å²) < 4.78 is 225. The number of nitrogens with one attached hydrogen (secondary N) is 1. The number of esters is 1. The number of aliphatic carboxylic acids is 2. The lowest BCUT2D eigenvalue weighted by atomic mass is 9.88. The summed E-state index contributed by atoms with van der Waals surface area (Å²) in [6, 6.07) is -0.800. The van der Waals surface area contributed by atoms with E-state index in [9.17, 15) is 94.1 Å². The Labute approximate surface area is 250 Å². The van der Waals surface area contributed by atoms with Crippen LogP contribution in [-0.2, 0) is 19.1 Å². The monoisotopic (exact) mass is 738 g/mol. The summed E-state index contributed by atoms with van der Waals surface area (Å²) in [6.45, 7) is -1.59. The van der Waals surface area contributed by atoms with Crippen molar-refractivity contribution < 1.29 is 109 Å². The fourth-order valence-electron chi connectivity index (χ4n) is 2.60. The molecule has 0 amide bonds. The van der Waals surface area contributed by atoms with Gasteiger partial charge in [0.1, 0.15) is 6.04 Å². The van der Waals surface area contributed by atoms with Crippen molar-refractivity contribution in [2.75, 3.05) is 13.2 Å². The van der Waals surface area contributed by atoms with E-state index in [1.54, 1.807) is 0 Å². The third-order valence-electron chi connectivity index (χ3n) is 5.34. The van der Waals surface area contributed by atoms with E-state index >= 15 is 0 Å². The summed E-state index contributed by atoms with van der Waals surface area (Å²) in [5.41, 5.74) is 15.4. The number of halogens is 17. The lowest BCUT2D eigenvalue weighted by Crippen LogP contribution is -2.78. The highest BCUT2D eigenvalue weighted by Crippen LogP contribution is 2.64. The van der Waals surface area contributed by atoms with Crippen molar-refractivity contribution in [1.29, 1.82) is 0 Å². The number of rotatable bonds is 17. The van der Waals surface area contributed by atoms with E-state index in [1.807, 2.05) is 0 Å². The summed E-state index contributed by atoms with van der Waals surface area (Å²) in [6.07, 6.45) is -12.1. The van der Waals surface area contributed by atoms with Gasteiger partial charge in [0.05, 0.1) is 26.0 Å². The highest BCUT2D eigenvalue weighted by atomic mass is 19.4. The standard InChI is InChI=1S/C14H9F17O4.C6H14N4O2/c15-7(16,3-4-35-6(34)2-1-5(32)33)8(17,18)9(19,20)10(21,22)11(23,24)12(25,26)13(27,28)14(29,30)31;7-4(5(11)12)2-1-3-10-6(8)9/h1-4H2,(H,32,33);4H,1-3,7H2,(H,11,12)(H4,8,9,10)/t;4-/m.0/s1. The van der Waals surface area contributed by atoms with Gasteiger partial charge >= 0.3 is 65.5 Å². The molecule has 0 aromatic rings. The number of hydrogen-bond acceptors (Lipinski definition) is 6. The molecule has 8 N–H and O–H groups in total. The van der Waals surface area contributed by atoms with E-state index in [2.05, 4.69) is 9.73 Å². The summed E-state index contributed by atoms with van der Waals surface area (Å²) in [7, 11) is 0. The molecule has 0 bridgehead atoms. The van der Waals surface area contributed by atoms with Crippen LogP contribution in [0.1, 0.15) is 32.1 Å². The largest absolute Gasteiger partial charge is 0.550 e. The average molecular weight is 738 g/mol. The Balaban J connectivity index is 0. The Hall–Kier alpha value is -3.55. The SMILES string of the molecule is NC(N)=[NH+]CCC[C@H](N)C(=O)O.O=C([O-])CCC(=O)OCCC(F)(F)C(F)(F)C(F)(F)C(F)(F)C(F)(F)C(F)(F)C(F)(F)C(F)(F)F. The van der Waals surface area contributed by atoms with Crippen LogP contribution in [0.15, 0.2) is 0 Å². The minimum Gasteiger partial charge on any atom is -0.550 e. The van der Waals surface area contributed by atoms with Crippen molar-refractivity contribution >= 4 is 23.9 Å². The molecule has 0 saturated heterocycles. The first-order valence-corrected chi connectivity index (χ1v) is 11.8. The van der Waals surface area contributed by atoms with E-state index < -0.39 is 97.5 Å². The van der Waals surface area contributed by atoms with Gasteiger partial charge in [-0.2, -0.15) is 74.6 Å². The number of hydrogen-bond donors (Lipinski definition) is 5. The van der Waals surface area contributed by atoms with Crippen LogP contribution in [-0.4, -0.2) is 95.8 Å². The molecule has 0 aliphatic carbocycles. The van der Waals surface area contributed by atoms with Crippen LogP contribution >= 0.6 is 0 Å². The Kier molecular flexibility index (Phi) is 15.1. The lowest BCUT2D eigenvalue weighted by molar-refractivity contribution is -0.461. The molecule has 27 heteroatoms. The van der Waals surface area contributed by atoms with Gasteiger partial charge in [0.15, 0.2) is 0 Å². The van der Waals surface area contributed by atoms with Crippen molar-refractivity contribution in [3.63, 3.8) is 0 Å². The minimum atomic E-state index is -8.72. The van der Waals surface area contributed by atoms with Gasteiger partial charge in [0.25, 0.3) is 0 Å². The molecular formula is C20H23F17N4O6. The average Bonchev–Trinajstić information content (AvgIpc) is 2.88. The van der Waals surface area contributed by atoms with Crippen LogP contribution in [0.25, 0.3) is 0 Å². The zero-order chi connectivity index (χ0) is 38.3. The fraction of sp³-hybridized carbons (Fsp3) is 0.800. The number of carbonyl (C=O) groups excluding carboxylic acids is 2. The second kappa shape index (κ2) is 15.6. The maximum Gasteiger partial charge on any atom is 0.460 e. The predicted octanol–water partition coefficient (Wildman–Crippen LogP) is 0.992. The van der Waals surface area contributed by atoms with Crippen molar-refractivity contribution in [2.45, 2.75) is 85.8 Å². The first kappa shape index (κ1) is 45.6. The summed E-state index contributed by atoms with van der Waals surface area (Å²) >= 11 is 0. The highest BCUT2D eigenvalue weighted by molar-refractivity contribution is 5.75. The van der Waals surface area contributed by atoms with E-state index in [4.69, 9.17) is 22.3 Å². The van der Waals surface area contributed by atoms with E-state index in [-0.39, 0.29) is 5.96 Å². The first-order chi connectivity index (χ1) is 20.6. The van der Waals surface area contributed by atoms with Crippen LogP contribution in [0.2, 0.25) is 0 Å². The van der Waals surface area contributed by atoms with Gasteiger partial charge in [0.2, 0.25) is 0 Å². The topological polar surface area (TPSA) is 196 Å². The maximum absolute atomic E-state index is 13.5. The normalized spacial score (nSPS) is 14.4. The summed E-state index contributed by atoms with van der Waals surface area (Å²) in [4.78, 5) is 33.8. The Morgan fingerprint density at radius 3 is 1.47 bits per heavy atom. The van der Waals surface area contributed by atoms with E-state index in [1.165, 1.54) is 0 Å². The Morgan fingerprint density at radius 1 is 0.702 bits per heavy atom. The molecule has 1 atom stereocenters. The lowest BCUT2D eigenvalue weighted by Gasteiger charge is -2.42. The van der Waals surface area contributed by atoms with Gasteiger partial charge in [-0.3, -0.25) is 26.0 Å². The highest BCUT2D eigenvalue weighted by Gasteiger charge is 2.95. The van der Waals surface area contributed by atoms with Crippen molar-refractivity contribution in [3.8, 4) is 0 Å². The number of carbonyl (C=O) groups is 3. The Bertz CT molecular complexity index is 1110. The molecule has 0 aromatic carbocycles. The van der Waals surface area contributed by atoms with Gasteiger partial charge < -0.3 is 25.5 Å². The molecule has 0 aliphatic heterocycles. The quantitative estimate of drug-likeness (QED) is 0.0476. The molecule has 0 fully saturated rings. The molecule has 10 nitrogen and oxygen atoms in total. The smallest absolute Gasteiger partial charge is 0.460 e. The molecule has 0 saturated carbocycles. The number of alkyl halides is 17. The Morgan fingerprint density at radius 2 is 1.11 bits per heavy atom. The van der Waals surface area contributed by atoms with E-state index in [0.29, 0.717) is 19.4 Å². The van der Waals surface area contributed by atoms with Gasteiger partial charge in [-0.25, -0.2) is 0 Å². The van der Waals surface area contributed by atoms with Gasteiger partial charge in [-0.15, -0.1) is 0 Å². The maximum atomic E-state index is 13.5. The summed E-state index contributed by atoms with van der Waals surface area (Å²) in [5, 5.41) is 18.4. The molecule has 0 rings (SSSR count). The summed E-state index contributed by atoms with van der Waals surface area (Å²) in [5.74, 6) is -61.8. The number of carboxylic acid groups (broad SMARTS) is 2. The minimum absolute atomic E-state index is 0.138. The van der Waals surface area contributed by atoms with E-state index in [0.717, 1.165) is 0 Å². The second-order valence-corrected chi connectivity index (χ2v) is 8.96. The third-order valence-corrected chi connectivity index (χ3v) is 5.34. The molecule has 0 unspecified atom stereocenters. The zero-order valence-electron chi connectivity index (χ0n) is 22.7. The number of ether oxygens (including phenoxy) is 1. The molecule has 278 valence electrons. The molecule has 47 heavy (non-hydrogen) atoms. The molecule has 0 aromatic heterocycles. The van der Waals surface area contributed by atoms with Crippen LogP contribution in [0.5, 0.6) is 0 Å². The molecule has 0 heterocycles. The number of nitrogens with two attached hydrogens (primary N) is 3. The third kappa shape index (κ3) is 10.2. The second-order valence-electron chi connectivity index (χ2n) is 8.96. The van der Waals surface area contributed by atoms with Crippen molar-refractivity contribution in [2.24, 2.45) is 17.2 Å².